The van der Waals surface area contributed by atoms with E-state index >= 15 is 0 Å². The minimum Gasteiger partial charge on any atom is -0.282 e. The average Bonchev–Trinajstić information content (AvgIpc) is 1.89. The fourth-order valence-corrected chi connectivity index (χ4v) is 0.878. The normalized spacial score (nSPS) is 15.7. The molecule has 0 fully saturated rings. The topological polar surface area (TPSA) is 17.1 Å². The molecule has 0 bridgehead atoms. The van der Waals surface area contributed by atoms with Gasteiger partial charge in [-0.3, -0.25) is 4.79 Å². The van der Waals surface area contributed by atoms with Crippen molar-refractivity contribution in [1.29, 1.82) is 0 Å². The van der Waals surface area contributed by atoms with Gasteiger partial charge in [-0.15, -0.1) is 0 Å². The van der Waals surface area contributed by atoms with Crippen LogP contribution in [0.25, 0.3) is 0 Å². The maximum absolute atomic E-state index is 10.2. The summed E-state index contributed by atoms with van der Waals surface area (Å²) in [6, 6.07) is 0. The largest absolute Gasteiger partial charge is 0.282 e. The third-order valence-corrected chi connectivity index (χ3v) is 1.65. The van der Waals surface area contributed by atoms with Crippen molar-refractivity contribution in [2.75, 3.05) is 0 Å². The molecule has 0 unspecified atom stereocenters. The summed E-state index contributed by atoms with van der Waals surface area (Å²) >= 11 is 3.17. The van der Waals surface area contributed by atoms with Crippen molar-refractivity contribution in [3.63, 3.8) is 0 Å². The van der Waals surface area contributed by atoms with Gasteiger partial charge in [0.2, 0.25) is 6.29 Å². The van der Waals surface area contributed by atoms with Gasteiger partial charge in [-0.05, 0) is 15.9 Å². The standard InChI is InChI=1S/C7H4BrO/c8-7-4-2-1-3-6(7)5-9/h1-3,5H/q+1. The number of hydrogen-bond donors (Lipinski definition) is 0. The first-order valence-electron chi connectivity index (χ1n) is 2.46. The van der Waals surface area contributed by atoms with Crippen LogP contribution >= 0.6 is 15.9 Å². The molecule has 0 saturated heterocycles. The molecule has 1 rings (SSSR count). The average molecular weight is 184 g/mol. The van der Waals surface area contributed by atoms with Crippen molar-refractivity contribution in [3.8, 4) is 0 Å². The first-order chi connectivity index (χ1) is 4.34. The Morgan fingerprint density at radius 1 is 1.67 bits per heavy atom. The van der Waals surface area contributed by atoms with Crippen LogP contribution in [-0.2, 0) is 4.79 Å². The lowest BCUT2D eigenvalue weighted by atomic mass is 10.2. The zero-order valence-corrected chi connectivity index (χ0v) is 6.18. The van der Waals surface area contributed by atoms with Gasteiger partial charge in [-0.2, -0.15) is 0 Å². The van der Waals surface area contributed by atoms with Crippen molar-refractivity contribution in [2.45, 2.75) is 0 Å². The molecule has 1 aliphatic rings. The summed E-state index contributed by atoms with van der Waals surface area (Å²) in [5.41, 5.74) is 0.637. The molecule has 44 valence electrons. The quantitative estimate of drug-likeness (QED) is 0.448. The van der Waals surface area contributed by atoms with E-state index in [4.69, 9.17) is 0 Å². The van der Waals surface area contributed by atoms with Crippen LogP contribution in [0.2, 0.25) is 0 Å². The fraction of sp³-hybridized carbons (Fsp3) is 0. The molecule has 0 aromatic heterocycles. The minimum atomic E-state index is 0.637. The van der Waals surface area contributed by atoms with Crippen LogP contribution in [-0.4, -0.2) is 6.29 Å². The summed E-state index contributed by atoms with van der Waals surface area (Å²) < 4.78 is 0.722. The zero-order valence-electron chi connectivity index (χ0n) is 4.60. The lowest BCUT2D eigenvalue weighted by molar-refractivity contribution is -0.104. The number of hydrogen-bond acceptors (Lipinski definition) is 1. The molecular formula is C7H4BrO+. The van der Waals surface area contributed by atoms with Crippen LogP contribution in [0.1, 0.15) is 0 Å². The predicted molar refractivity (Wildman–Crippen MR) is 39.0 cm³/mol. The highest BCUT2D eigenvalue weighted by Crippen LogP contribution is 2.17. The van der Waals surface area contributed by atoms with Crippen LogP contribution < -0.4 is 0 Å². The zero-order chi connectivity index (χ0) is 6.69. The molecule has 0 radical (unpaired) electrons. The van der Waals surface area contributed by atoms with Gasteiger partial charge in [0.15, 0.2) is 4.48 Å². The van der Waals surface area contributed by atoms with E-state index in [9.17, 15) is 4.79 Å². The Morgan fingerprint density at radius 2 is 2.44 bits per heavy atom. The molecule has 1 aliphatic carbocycles. The Balaban J connectivity index is 2.96. The van der Waals surface area contributed by atoms with Crippen molar-refractivity contribution in [3.05, 3.63) is 34.4 Å². The molecule has 0 atom stereocenters. The summed E-state index contributed by atoms with van der Waals surface area (Å²) in [6.45, 7) is 0. The second-order valence-electron chi connectivity index (χ2n) is 1.56. The van der Waals surface area contributed by atoms with E-state index in [1.54, 1.807) is 18.2 Å². The minimum absolute atomic E-state index is 0.637. The van der Waals surface area contributed by atoms with Crippen LogP contribution in [0.5, 0.6) is 0 Å². The van der Waals surface area contributed by atoms with Gasteiger partial charge < -0.3 is 0 Å². The maximum Gasteiger partial charge on any atom is 0.207 e. The van der Waals surface area contributed by atoms with Gasteiger partial charge >= 0.3 is 0 Å². The van der Waals surface area contributed by atoms with Crippen molar-refractivity contribution < 1.29 is 4.79 Å². The van der Waals surface area contributed by atoms with Crippen molar-refractivity contribution in [2.24, 2.45) is 0 Å². The summed E-state index contributed by atoms with van der Waals surface area (Å²) in [4.78, 5) is 10.2. The molecule has 0 amide bonds. The lowest BCUT2D eigenvalue weighted by Gasteiger charge is -1.85. The monoisotopic (exact) mass is 183 g/mol. The van der Waals surface area contributed by atoms with Gasteiger partial charge in [0.25, 0.3) is 0 Å². The molecule has 0 aromatic carbocycles. The molecule has 0 heterocycles. The highest BCUT2D eigenvalue weighted by atomic mass is 79.9. The van der Waals surface area contributed by atoms with Crippen LogP contribution in [0, 0.1) is 6.08 Å². The van der Waals surface area contributed by atoms with Gasteiger partial charge in [0.05, 0.1) is 12.2 Å². The molecular weight excluding hydrogens is 180 g/mol. The van der Waals surface area contributed by atoms with E-state index in [0.29, 0.717) is 5.57 Å². The van der Waals surface area contributed by atoms with E-state index in [1.807, 2.05) is 0 Å². The Morgan fingerprint density at radius 3 is 2.89 bits per heavy atom. The molecule has 1 nitrogen and oxygen atoms in total. The SMILES string of the molecule is O=CC1=CC=C[C+]=C1Br. The number of rotatable bonds is 1. The lowest BCUT2D eigenvalue weighted by Crippen LogP contribution is -1.85. The first-order valence-corrected chi connectivity index (χ1v) is 3.25. The third kappa shape index (κ3) is 1.35. The molecule has 0 aromatic rings. The molecule has 0 N–H and O–H groups in total. The molecule has 2 heteroatoms. The maximum atomic E-state index is 10.2. The van der Waals surface area contributed by atoms with E-state index in [-0.39, 0.29) is 0 Å². The van der Waals surface area contributed by atoms with E-state index in [1.165, 1.54) is 0 Å². The highest BCUT2D eigenvalue weighted by molar-refractivity contribution is 9.12. The van der Waals surface area contributed by atoms with Gasteiger partial charge in [-0.1, -0.05) is 0 Å². The van der Waals surface area contributed by atoms with E-state index in [2.05, 4.69) is 22.0 Å². The number of aldehydes is 1. The third-order valence-electron chi connectivity index (χ3n) is 0.962. The number of allylic oxidation sites excluding steroid dienone is 6. The summed E-state index contributed by atoms with van der Waals surface area (Å²) in [5, 5.41) is 0. The van der Waals surface area contributed by atoms with Crippen LogP contribution in [0.15, 0.2) is 28.3 Å². The number of carbonyl (C=O) groups excluding carboxylic acids is 1. The second-order valence-corrected chi connectivity index (χ2v) is 2.35. The molecule has 0 spiro atoms. The number of carbonyl (C=O) groups is 1. The molecule has 9 heavy (non-hydrogen) atoms. The van der Waals surface area contributed by atoms with Gasteiger partial charge in [-0.25, -0.2) is 0 Å². The van der Waals surface area contributed by atoms with E-state index < -0.39 is 0 Å². The first kappa shape index (κ1) is 6.40. The van der Waals surface area contributed by atoms with Crippen LogP contribution in [0.4, 0.5) is 0 Å². The summed E-state index contributed by atoms with van der Waals surface area (Å²) in [6.07, 6.45) is 8.88. The van der Waals surface area contributed by atoms with Crippen molar-refractivity contribution >= 4 is 22.2 Å². The van der Waals surface area contributed by atoms with Crippen LogP contribution in [0.3, 0.4) is 0 Å². The Bertz CT molecular complexity index is 211. The number of halogens is 1. The smallest absolute Gasteiger partial charge is 0.207 e. The van der Waals surface area contributed by atoms with Gasteiger partial charge in [0.1, 0.15) is 11.6 Å². The Hall–Kier alpha value is -0.720. The summed E-state index contributed by atoms with van der Waals surface area (Å²) in [7, 11) is 0. The fourth-order valence-electron chi connectivity index (χ4n) is 0.521. The highest BCUT2D eigenvalue weighted by Gasteiger charge is 2.10. The Labute approximate surface area is 61.9 Å². The van der Waals surface area contributed by atoms with E-state index in [0.717, 1.165) is 10.8 Å². The van der Waals surface area contributed by atoms with Gasteiger partial charge in [0, 0.05) is 6.08 Å². The molecule has 0 saturated carbocycles. The van der Waals surface area contributed by atoms with Crippen molar-refractivity contribution in [1.82, 2.24) is 0 Å². The Kier molecular flexibility index (Phi) is 1.93. The molecule has 0 aliphatic heterocycles. The summed E-state index contributed by atoms with van der Waals surface area (Å²) in [5.74, 6) is 0. The predicted octanol–water partition coefficient (Wildman–Crippen LogP) is 1.76. The second kappa shape index (κ2) is 2.72.